The maximum Gasteiger partial charge on any atom is 0.277 e. The van der Waals surface area contributed by atoms with Gasteiger partial charge in [0.15, 0.2) is 0 Å². The first-order chi connectivity index (χ1) is 14.0. The number of rotatable bonds is 5. The molecule has 0 bridgehead atoms. The first-order valence-electron chi connectivity index (χ1n) is 10.1. The van der Waals surface area contributed by atoms with Crippen molar-refractivity contribution in [2.24, 2.45) is 7.05 Å². The summed E-state index contributed by atoms with van der Waals surface area (Å²) in [4.78, 5) is 27.7. The summed E-state index contributed by atoms with van der Waals surface area (Å²) in [5.74, 6) is -0.119. The van der Waals surface area contributed by atoms with Crippen LogP contribution >= 0.6 is 0 Å². The predicted molar refractivity (Wildman–Crippen MR) is 113 cm³/mol. The SMILES string of the molecule is Cc1nn(C)c2c(=O)n(CC(=O)NC3CCN(Cc4ccccc4)CC3)ccc12. The average Bonchev–Trinajstić information content (AvgIpc) is 3.00. The van der Waals surface area contributed by atoms with Gasteiger partial charge in [-0.25, -0.2) is 0 Å². The van der Waals surface area contributed by atoms with E-state index in [4.69, 9.17) is 0 Å². The van der Waals surface area contributed by atoms with Gasteiger partial charge in [-0.1, -0.05) is 30.3 Å². The highest BCUT2D eigenvalue weighted by atomic mass is 16.2. The molecule has 1 amide bonds. The molecule has 2 aromatic heterocycles. The monoisotopic (exact) mass is 393 g/mol. The minimum Gasteiger partial charge on any atom is -0.352 e. The van der Waals surface area contributed by atoms with Crippen LogP contribution in [-0.4, -0.2) is 44.3 Å². The molecule has 1 saturated heterocycles. The first kappa shape index (κ1) is 19.4. The van der Waals surface area contributed by atoms with Gasteiger partial charge in [-0.05, 0) is 31.4 Å². The van der Waals surface area contributed by atoms with Gasteiger partial charge in [0, 0.05) is 44.3 Å². The first-order valence-corrected chi connectivity index (χ1v) is 10.1. The van der Waals surface area contributed by atoms with Crippen LogP contribution in [0.2, 0.25) is 0 Å². The lowest BCUT2D eigenvalue weighted by molar-refractivity contribution is -0.122. The van der Waals surface area contributed by atoms with Crippen LogP contribution in [0.15, 0.2) is 47.4 Å². The smallest absolute Gasteiger partial charge is 0.277 e. The van der Waals surface area contributed by atoms with Crippen molar-refractivity contribution in [1.29, 1.82) is 0 Å². The Hall–Kier alpha value is -2.93. The second-order valence-electron chi connectivity index (χ2n) is 7.82. The van der Waals surface area contributed by atoms with Crippen molar-refractivity contribution in [3.63, 3.8) is 0 Å². The average molecular weight is 393 g/mol. The summed E-state index contributed by atoms with van der Waals surface area (Å²) in [5.41, 5.74) is 2.49. The van der Waals surface area contributed by atoms with Crippen molar-refractivity contribution in [3.8, 4) is 0 Å². The maximum absolute atomic E-state index is 12.7. The number of likely N-dealkylation sites (tertiary alicyclic amines) is 1. The number of amides is 1. The summed E-state index contributed by atoms with van der Waals surface area (Å²) in [6, 6.07) is 12.5. The normalized spacial score (nSPS) is 15.7. The lowest BCUT2D eigenvalue weighted by atomic mass is 10.0. The number of pyridine rings is 1. The van der Waals surface area contributed by atoms with Gasteiger partial charge in [0.1, 0.15) is 12.1 Å². The Morgan fingerprint density at radius 3 is 2.62 bits per heavy atom. The zero-order chi connectivity index (χ0) is 20.4. The highest BCUT2D eigenvalue weighted by molar-refractivity contribution is 5.81. The molecule has 1 N–H and O–H groups in total. The van der Waals surface area contributed by atoms with Crippen LogP contribution in [0.25, 0.3) is 10.9 Å². The molecule has 0 unspecified atom stereocenters. The molecule has 0 spiro atoms. The van der Waals surface area contributed by atoms with Gasteiger partial charge in [0.05, 0.1) is 5.69 Å². The summed E-state index contributed by atoms with van der Waals surface area (Å²) in [5, 5.41) is 8.23. The van der Waals surface area contributed by atoms with Crippen molar-refractivity contribution >= 4 is 16.8 Å². The Labute approximate surface area is 169 Å². The van der Waals surface area contributed by atoms with Crippen molar-refractivity contribution < 1.29 is 4.79 Å². The molecular weight excluding hydrogens is 366 g/mol. The van der Waals surface area contributed by atoms with Crippen LogP contribution in [-0.2, 0) is 24.9 Å². The van der Waals surface area contributed by atoms with Gasteiger partial charge < -0.3 is 9.88 Å². The van der Waals surface area contributed by atoms with Gasteiger partial charge in [-0.15, -0.1) is 0 Å². The Bertz CT molecular complexity index is 1060. The second-order valence-corrected chi connectivity index (χ2v) is 7.82. The van der Waals surface area contributed by atoms with E-state index in [-0.39, 0.29) is 24.1 Å². The third kappa shape index (κ3) is 4.24. The fraction of sp³-hybridized carbons (Fsp3) is 0.409. The molecule has 1 aliphatic heterocycles. The Balaban J connectivity index is 1.33. The summed E-state index contributed by atoms with van der Waals surface area (Å²) in [7, 11) is 1.75. The van der Waals surface area contributed by atoms with Crippen LogP contribution < -0.4 is 10.9 Å². The minimum absolute atomic E-state index is 0.0310. The second kappa shape index (κ2) is 8.21. The number of hydrogen-bond donors (Lipinski definition) is 1. The minimum atomic E-state index is -0.182. The van der Waals surface area contributed by atoms with Gasteiger partial charge in [0.25, 0.3) is 5.56 Å². The molecule has 0 saturated carbocycles. The number of carbonyl (C=O) groups is 1. The third-order valence-corrected chi connectivity index (χ3v) is 5.67. The molecule has 7 nitrogen and oxygen atoms in total. The Morgan fingerprint density at radius 1 is 1.17 bits per heavy atom. The van der Waals surface area contributed by atoms with E-state index in [1.54, 1.807) is 17.9 Å². The van der Waals surface area contributed by atoms with E-state index in [9.17, 15) is 9.59 Å². The van der Waals surface area contributed by atoms with Gasteiger partial charge in [-0.2, -0.15) is 5.10 Å². The summed E-state index contributed by atoms with van der Waals surface area (Å²) >= 11 is 0. The van der Waals surface area contributed by atoms with E-state index >= 15 is 0 Å². The molecule has 3 aromatic rings. The molecular formula is C22H27N5O2. The maximum atomic E-state index is 12.7. The number of fused-ring (bicyclic) bond motifs is 1. The standard InChI is InChI=1S/C22H27N5O2/c1-16-19-10-13-27(22(29)21(19)25(2)24-16)15-20(28)23-18-8-11-26(12-9-18)14-17-6-4-3-5-7-17/h3-7,10,13,18H,8-9,11-12,14-15H2,1-2H3,(H,23,28). The number of benzene rings is 1. The van der Waals surface area contributed by atoms with Crippen LogP contribution in [0.1, 0.15) is 24.1 Å². The Kier molecular flexibility index (Phi) is 5.49. The van der Waals surface area contributed by atoms with Crippen molar-refractivity contribution in [2.75, 3.05) is 13.1 Å². The molecule has 3 heterocycles. The number of carbonyl (C=O) groups excluding carboxylic acids is 1. The van der Waals surface area contributed by atoms with Crippen LogP contribution in [0.3, 0.4) is 0 Å². The molecule has 1 fully saturated rings. The van der Waals surface area contributed by atoms with Crippen molar-refractivity contribution in [3.05, 3.63) is 64.2 Å². The van der Waals surface area contributed by atoms with E-state index in [0.717, 1.165) is 43.6 Å². The number of aromatic nitrogens is 3. The fourth-order valence-corrected chi connectivity index (χ4v) is 4.13. The number of nitrogens with one attached hydrogen (secondary N) is 1. The van der Waals surface area contributed by atoms with Crippen LogP contribution in [0.4, 0.5) is 0 Å². The van der Waals surface area contributed by atoms with Gasteiger partial charge in [0.2, 0.25) is 5.91 Å². The molecule has 7 heteroatoms. The quantitative estimate of drug-likeness (QED) is 0.718. The van der Waals surface area contributed by atoms with E-state index in [2.05, 4.69) is 39.6 Å². The topological polar surface area (TPSA) is 72.2 Å². The molecule has 1 aromatic carbocycles. The molecule has 152 valence electrons. The molecule has 0 atom stereocenters. The van der Waals surface area contributed by atoms with Gasteiger partial charge in [-0.3, -0.25) is 19.2 Å². The Morgan fingerprint density at radius 2 is 1.90 bits per heavy atom. The summed E-state index contributed by atoms with van der Waals surface area (Å²) in [6.07, 6.45) is 3.53. The highest BCUT2D eigenvalue weighted by Crippen LogP contribution is 2.15. The highest BCUT2D eigenvalue weighted by Gasteiger charge is 2.21. The van der Waals surface area contributed by atoms with E-state index in [1.807, 2.05) is 19.1 Å². The van der Waals surface area contributed by atoms with Crippen LogP contribution in [0.5, 0.6) is 0 Å². The lowest BCUT2D eigenvalue weighted by Crippen LogP contribution is -2.45. The molecule has 0 aliphatic carbocycles. The number of aryl methyl sites for hydroxylation is 2. The van der Waals surface area contributed by atoms with Crippen molar-refractivity contribution in [2.45, 2.75) is 38.9 Å². The zero-order valence-corrected chi connectivity index (χ0v) is 17.0. The lowest BCUT2D eigenvalue weighted by Gasteiger charge is -2.32. The third-order valence-electron chi connectivity index (χ3n) is 5.67. The number of nitrogens with zero attached hydrogens (tertiary/aromatic N) is 4. The predicted octanol–water partition coefficient (Wildman–Crippen LogP) is 1.82. The molecule has 1 aliphatic rings. The van der Waals surface area contributed by atoms with Gasteiger partial charge >= 0.3 is 0 Å². The summed E-state index contributed by atoms with van der Waals surface area (Å²) < 4.78 is 3.05. The van der Waals surface area contributed by atoms with Crippen molar-refractivity contribution in [1.82, 2.24) is 24.6 Å². The van der Waals surface area contributed by atoms with E-state index in [0.29, 0.717) is 5.52 Å². The summed E-state index contributed by atoms with van der Waals surface area (Å²) in [6.45, 7) is 4.77. The largest absolute Gasteiger partial charge is 0.352 e. The van der Waals surface area contributed by atoms with E-state index in [1.165, 1.54) is 10.1 Å². The molecule has 29 heavy (non-hydrogen) atoms. The van der Waals surface area contributed by atoms with Crippen LogP contribution in [0, 0.1) is 6.92 Å². The number of piperidine rings is 1. The molecule has 0 radical (unpaired) electrons. The van der Waals surface area contributed by atoms with E-state index < -0.39 is 0 Å². The number of hydrogen-bond acceptors (Lipinski definition) is 4. The zero-order valence-electron chi connectivity index (χ0n) is 17.0. The fourth-order valence-electron chi connectivity index (χ4n) is 4.13. The molecule has 4 rings (SSSR count).